The Kier molecular flexibility index (Phi) is 3.60. The number of Topliss-reactive ketones (excluding diaryl/α,β-unsaturated/α-hetero) is 1. The van der Waals surface area contributed by atoms with Crippen molar-refractivity contribution >= 4 is 28.8 Å². The smallest absolute Gasteiger partial charge is 0.134 e. The van der Waals surface area contributed by atoms with Gasteiger partial charge in [0, 0.05) is 24.2 Å². The third kappa shape index (κ3) is 3.05. The van der Waals surface area contributed by atoms with Gasteiger partial charge in [0.15, 0.2) is 0 Å². The second-order valence-electron chi connectivity index (χ2n) is 4.99. The highest BCUT2D eigenvalue weighted by atomic mass is 16.1. The maximum absolute atomic E-state index is 11.2. The molecule has 0 aliphatic heterocycles. The van der Waals surface area contributed by atoms with Gasteiger partial charge >= 0.3 is 0 Å². The molecule has 3 rings (SSSR count). The molecule has 0 bridgehead atoms. The van der Waals surface area contributed by atoms with Crippen molar-refractivity contribution in [2.24, 2.45) is 0 Å². The van der Waals surface area contributed by atoms with E-state index in [-0.39, 0.29) is 5.78 Å². The van der Waals surface area contributed by atoms with E-state index in [2.05, 4.69) is 15.2 Å². The summed E-state index contributed by atoms with van der Waals surface area (Å²) in [4.78, 5) is 15.3. The van der Waals surface area contributed by atoms with Gasteiger partial charge in [-0.25, -0.2) is 0 Å². The summed E-state index contributed by atoms with van der Waals surface area (Å²) in [6.07, 6.45) is 7.96. The Balaban J connectivity index is 1.95. The van der Waals surface area contributed by atoms with Crippen molar-refractivity contribution in [1.82, 2.24) is 15.2 Å². The van der Waals surface area contributed by atoms with E-state index in [9.17, 15) is 4.79 Å². The minimum atomic E-state index is 0.158. The Bertz CT molecular complexity index is 803. The molecule has 0 spiro atoms. The van der Waals surface area contributed by atoms with Crippen molar-refractivity contribution in [3.05, 3.63) is 59.5 Å². The van der Waals surface area contributed by atoms with E-state index >= 15 is 0 Å². The first-order valence-corrected chi connectivity index (χ1v) is 6.77. The zero-order valence-electron chi connectivity index (χ0n) is 11.7. The molecule has 0 fully saturated rings. The lowest BCUT2D eigenvalue weighted by molar-refractivity contribution is -0.116. The summed E-state index contributed by atoms with van der Waals surface area (Å²) in [5, 5.41) is 8.32. The Hall–Kier alpha value is -2.75. The van der Waals surface area contributed by atoms with Crippen molar-refractivity contribution in [3.63, 3.8) is 0 Å². The number of nitrogens with one attached hydrogen (secondary N) is 1. The SMILES string of the molecule is CC(=O)Cc1ccc2n[nH]c(/C=C/c3cccnc3)c2c1. The summed E-state index contributed by atoms with van der Waals surface area (Å²) in [5.41, 5.74) is 3.86. The minimum absolute atomic E-state index is 0.158. The van der Waals surface area contributed by atoms with E-state index in [1.165, 1.54) is 0 Å². The standard InChI is InChI=1S/C17H15N3O/c1-12(21)9-14-5-7-17-15(10-14)16(19-20-17)6-4-13-3-2-8-18-11-13/h2-8,10-11H,9H2,1H3,(H,19,20)/b6-4+. The van der Waals surface area contributed by atoms with Gasteiger partial charge in [0.05, 0.1) is 11.2 Å². The number of H-pyrrole nitrogens is 1. The molecule has 0 saturated heterocycles. The molecule has 0 amide bonds. The molecule has 0 saturated carbocycles. The monoisotopic (exact) mass is 277 g/mol. The molecule has 4 nitrogen and oxygen atoms in total. The summed E-state index contributed by atoms with van der Waals surface area (Å²) >= 11 is 0. The number of pyridine rings is 1. The molecular weight excluding hydrogens is 262 g/mol. The predicted octanol–water partition coefficient (Wildman–Crippen LogP) is 3.26. The van der Waals surface area contributed by atoms with Crippen molar-refractivity contribution in [2.45, 2.75) is 13.3 Å². The number of carbonyl (C=O) groups excluding carboxylic acids is 1. The lowest BCUT2D eigenvalue weighted by Crippen LogP contribution is -1.95. The lowest BCUT2D eigenvalue weighted by atomic mass is 10.1. The quantitative estimate of drug-likeness (QED) is 0.796. The van der Waals surface area contributed by atoms with Gasteiger partial charge in [0.1, 0.15) is 5.78 Å². The van der Waals surface area contributed by atoms with Crippen LogP contribution in [-0.2, 0) is 11.2 Å². The number of hydrogen-bond donors (Lipinski definition) is 1. The van der Waals surface area contributed by atoms with Gasteiger partial charge in [-0.05, 0) is 42.3 Å². The fourth-order valence-corrected chi connectivity index (χ4v) is 2.26. The molecular formula is C17H15N3O. The van der Waals surface area contributed by atoms with Crippen molar-refractivity contribution in [1.29, 1.82) is 0 Å². The number of ketones is 1. The zero-order chi connectivity index (χ0) is 14.7. The lowest BCUT2D eigenvalue weighted by Gasteiger charge is -1.98. The molecule has 0 radical (unpaired) electrons. The van der Waals surface area contributed by atoms with Gasteiger partial charge in [-0.1, -0.05) is 18.2 Å². The van der Waals surface area contributed by atoms with Gasteiger partial charge < -0.3 is 0 Å². The van der Waals surface area contributed by atoms with Crippen LogP contribution >= 0.6 is 0 Å². The van der Waals surface area contributed by atoms with Crippen molar-refractivity contribution in [3.8, 4) is 0 Å². The van der Waals surface area contributed by atoms with Crippen molar-refractivity contribution < 1.29 is 4.79 Å². The fraction of sp³-hybridized carbons (Fsp3) is 0.118. The number of aromatic amines is 1. The molecule has 0 atom stereocenters. The van der Waals surface area contributed by atoms with Crippen molar-refractivity contribution in [2.75, 3.05) is 0 Å². The summed E-state index contributed by atoms with van der Waals surface area (Å²) < 4.78 is 0. The number of rotatable bonds is 4. The highest BCUT2D eigenvalue weighted by Crippen LogP contribution is 2.20. The maximum atomic E-state index is 11.2. The Labute approximate surface area is 122 Å². The Morgan fingerprint density at radius 1 is 1.29 bits per heavy atom. The number of benzene rings is 1. The molecule has 0 aliphatic carbocycles. The molecule has 0 unspecified atom stereocenters. The summed E-state index contributed by atoms with van der Waals surface area (Å²) in [6.45, 7) is 1.60. The molecule has 4 heteroatoms. The molecule has 21 heavy (non-hydrogen) atoms. The van der Waals surface area contributed by atoms with Crippen LogP contribution in [-0.4, -0.2) is 21.0 Å². The normalized spacial score (nSPS) is 11.3. The summed E-state index contributed by atoms with van der Waals surface area (Å²) in [6, 6.07) is 9.78. The third-order valence-corrected chi connectivity index (χ3v) is 3.23. The topological polar surface area (TPSA) is 58.6 Å². The summed E-state index contributed by atoms with van der Waals surface area (Å²) in [5.74, 6) is 0.158. The van der Waals surface area contributed by atoms with Gasteiger partial charge in [0.2, 0.25) is 0 Å². The minimum Gasteiger partial charge on any atom is -0.300 e. The average molecular weight is 277 g/mol. The molecule has 104 valence electrons. The van der Waals surface area contributed by atoms with Crippen LogP contribution < -0.4 is 0 Å². The average Bonchev–Trinajstić information content (AvgIpc) is 2.88. The molecule has 3 aromatic rings. The van der Waals surface area contributed by atoms with Gasteiger partial charge in [0.25, 0.3) is 0 Å². The van der Waals surface area contributed by atoms with E-state index in [4.69, 9.17) is 0 Å². The summed E-state index contributed by atoms with van der Waals surface area (Å²) in [7, 11) is 0. The highest BCUT2D eigenvalue weighted by Gasteiger charge is 2.05. The highest BCUT2D eigenvalue weighted by molar-refractivity contribution is 5.90. The van der Waals surface area contributed by atoms with Crippen LogP contribution in [0.5, 0.6) is 0 Å². The van der Waals surface area contributed by atoms with E-state index in [0.717, 1.165) is 27.7 Å². The van der Waals surface area contributed by atoms with Crippen LogP contribution in [0.3, 0.4) is 0 Å². The second-order valence-corrected chi connectivity index (χ2v) is 4.99. The molecule has 0 aliphatic rings. The number of nitrogens with zero attached hydrogens (tertiary/aromatic N) is 2. The molecule has 1 aromatic carbocycles. The van der Waals surface area contributed by atoms with Gasteiger partial charge in [-0.15, -0.1) is 0 Å². The van der Waals surface area contributed by atoms with Crippen LogP contribution in [0.2, 0.25) is 0 Å². The first-order valence-electron chi connectivity index (χ1n) is 6.77. The van der Waals surface area contributed by atoms with Crippen LogP contribution in [0.25, 0.3) is 23.1 Å². The first-order chi connectivity index (χ1) is 10.2. The number of aromatic nitrogens is 3. The number of carbonyl (C=O) groups is 1. The number of hydrogen-bond acceptors (Lipinski definition) is 3. The van der Waals surface area contributed by atoms with Gasteiger partial charge in [-0.2, -0.15) is 5.10 Å². The number of fused-ring (bicyclic) bond motifs is 1. The van der Waals surface area contributed by atoms with Crippen LogP contribution in [0.15, 0.2) is 42.7 Å². The van der Waals surface area contributed by atoms with Gasteiger partial charge in [-0.3, -0.25) is 14.9 Å². The largest absolute Gasteiger partial charge is 0.300 e. The van der Waals surface area contributed by atoms with Crippen LogP contribution in [0.1, 0.15) is 23.7 Å². The maximum Gasteiger partial charge on any atom is 0.134 e. The van der Waals surface area contributed by atoms with E-state index in [1.54, 1.807) is 19.3 Å². The Morgan fingerprint density at radius 3 is 2.95 bits per heavy atom. The third-order valence-electron chi connectivity index (χ3n) is 3.23. The fourth-order valence-electron chi connectivity index (χ4n) is 2.26. The first kappa shape index (κ1) is 13.2. The van der Waals surface area contributed by atoms with Crippen LogP contribution in [0, 0.1) is 0 Å². The predicted molar refractivity (Wildman–Crippen MR) is 83.6 cm³/mol. The van der Waals surface area contributed by atoms with E-state index < -0.39 is 0 Å². The molecule has 2 aromatic heterocycles. The molecule has 1 N–H and O–H groups in total. The van der Waals surface area contributed by atoms with E-state index in [0.29, 0.717) is 6.42 Å². The Morgan fingerprint density at radius 2 is 2.19 bits per heavy atom. The zero-order valence-corrected chi connectivity index (χ0v) is 11.7. The molecule has 2 heterocycles. The van der Waals surface area contributed by atoms with E-state index in [1.807, 2.05) is 42.5 Å². The van der Waals surface area contributed by atoms with Crippen LogP contribution in [0.4, 0.5) is 0 Å². The second kappa shape index (κ2) is 5.71.